The van der Waals surface area contributed by atoms with Gasteiger partial charge in [-0.25, -0.2) is 0 Å². The van der Waals surface area contributed by atoms with E-state index in [1.54, 1.807) is 0 Å². The molecule has 0 atom stereocenters. The van der Waals surface area contributed by atoms with Crippen molar-refractivity contribution in [2.75, 3.05) is 4.90 Å². The van der Waals surface area contributed by atoms with E-state index in [-0.39, 0.29) is 16.2 Å². The Kier molecular flexibility index (Phi) is 6.80. The number of para-hydroxylation sites is 1. The maximum atomic E-state index is 2.55. The second-order valence-electron chi connectivity index (χ2n) is 19.0. The van der Waals surface area contributed by atoms with Gasteiger partial charge in [-0.2, -0.15) is 0 Å². The second-order valence-corrected chi connectivity index (χ2v) is 19.0. The van der Waals surface area contributed by atoms with E-state index >= 15 is 0 Å². The summed E-state index contributed by atoms with van der Waals surface area (Å²) in [5.74, 6) is 0. The third kappa shape index (κ3) is 4.51. The first-order valence-electron chi connectivity index (χ1n) is 21.3. The fourth-order valence-electron chi connectivity index (χ4n) is 11.7. The van der Waals surface area contributed by atoms with Gasteiger partial charge in [0.25, 0.3) is 0 Å². The number of nitrogens with zero attached hydrogens (tertiary/aromatic N) is 1. The molecule has 0 aromatic heterocycles. The fraction of sp³-hybridized carbons (Fsp3) is 0.172. The number of hydrogen-bond donors (Lipinski definition) is 0. The summed E-state index contributed by atoms with van der Waals surface area (Å²) in [6.45, 7) is 16.7. The topological polar surface area (TPSA) is 3.24 Å². The van der Waals surface area contributed by atoms with E-state index in [2.05, 4.69) is 211 Å². The van der Waals surface area contributed by atoms with Crippen molar-refractivity contribution < 1.29 is 0 Å². The van der Waals surface area contributed by atoms with Crippen molar-refractivity contribution in [3.63, 3.8) is 0 Å². The van der Waals surface area contributed by atoms with Crippen LogP contribution in [0.4, 0.5) is 17.1 Å². The molecule has 0 spiro atoms. The van der Waals surface area contributed by atoms with Crippen LogP contribution in [0.5, 0.6) is 0 Å². The number of fused-ring (bicyclic) bond motifs is 15. The van der Waals surface area contributed by atoms with Gasteiger partial charge >= 0.3 is 0 Å². The molecule has 0 unspecified atom stereocenters. The number of aryl methyl sites for hydroxylation is 1. The molecule has 0 saturated heterocycles. The minimum absolute atomic E-state index is 0.0831. The maximum absolute atomic E-state index is 2.55. The van der Waals surface area contributed by atoms with Crippen molar-refractivity contribution in [3.8, 4) is 33.4 Å². The van der Waals surface area contributed by atoms with Gasteiger partial charge in [-0.05, 0) is 154 Å². The molecule has 0 aliphatic heterocycles. The summed E-state index contributed by atoms with van der Waals surface area (Å²) in [4.78, 5) is 2.49. The van der Waals surface area contributed by atoms with E-state index in [4.69, 9.17) is 0 Å². The van der Waals surface area contributed by atoms with Crippen LogP contribution in [0.1, 0.15) is 80.5 Å². The van der Waals surface area contributed by atoms with Crippen LogP contribution in [-0.4, -0.2) is 0 Å². The Bertz CT molecular complexity index is 3320. The largest absolute Gasteiger partial charge is 0.310 e. The van der Waals surface area contributed by atoms with Crippen LogP contribution in [0.2, 0.25) is 0 Å². The monoisotopic (exact) mass is 757 g/mol. The van der Waals surface area contributed by atoms with Gasteiger partial charge in [0.15, 0.2) is 0 Å². The van der Waals surface area contributed by atoms with Crippen molar-refractivity contribution >= 4 is 49.4 Å². The quantitative estimate of drug-likeness (QED) is 0.173. The van der Waals surface area contributed by atoms with Gasteiger partial charge in [-0.15, -0.1) is 0 Å². The Morgan fingerprint density at radius 2 is 0.881 bits per heavy atom. The summed E-state index contributed by atoms with van der Waals surface area (Å²) in [6, 6.07) is 60.1. The molecule has 1 nitrogen and oxygen atoms in total. The lowest BCUT2D eigenvalue weighted by Crippen LogP contribution is -2.18. The van der Waals surface area contributed by atoms with E-state index in [9.17, 15) is 0 Å². The number of benzene rings is 9. The first-order chi connectivity index (χ1) is 28.4. The lowest BCUT2D eigenvalue weighted by atomic mass is 9.78. The predicted octanol–water partition coefficient (Wildman–Crippen LogP) is 15.8. The zero-order valence-electron chi connectivity index (χ0n) is 35.0. The molecule has 0 amide bonds. The second kappa shape index (κ2) is 11.6. The van der Waals surface area contributed by atoms with Crippen molar-refractivity contribution in [1.29, 1.82) is 0 Å². The van der Waals surface area contributed by atoms with E-state index in [0.717, 1.165) is 0 Å². The molecule has 0 bridgehead atoms. The van der Waals surface area contributed by atoms with Gasteiger partial charge in [0.1, 0.15) is 0 Å². The van der Waals surface area contributed by atoms with Crippen molar-refractivity contribution in [3.05, 3.63) is 197 Å². The van der Waals surface area contributed by atoms with Gasteiger partial charge in [0.2, 0.25) is 0 Å². The summed E-state index contributed by atoms with van der Waals surface area (Å²) in [6.07, 6.45) is 0. The van der Waals surface area contributed by atoms with Crippen molar-refractivity contribution in [1.82, 2.24) is 0 Å². The lowest BCUT2D eigenvalue weighted by molar-refractivity contribution is 0.652. The van der Waals surface area contributed by atoms with Crippen molar-refractivity contribution in [2.45, 2.75) is 64.7 Å². The van der Waals surface area contributed by atoms with Crippen molar-refractivity contribution in [2.24, 2.45) is 0 Å². The van der Waals surface area contributed by atoms with Gasteiger partial charge in [-0.3, -0.25) is 0 Å². The number of rotatable bonds is 3. The Morgan fingerprint density at radius 1 is 0.356 bits per heavy atom. The number of hydrogen-bond acceptors (Lipinski definition) is 1. The summed E-state index contributed by atoms with van der Waals surface area (Å²) < 4.78 is 0. The average molecular weight is 758 g/mol. The highest BCUT2D eigenvalue weighted by Gasteiger charge is 2.43. The van der Waals surface area contributed by atoms with Crippen LogP contribution >= 0.6 is 0 Å². The van der Waals surface area contributed by atoms with Crippen LogP contribution in [-0.2, 0) is 16.2 Å². The Labute approximate surface area is 347 Å². The molecule has 12 rings (SSSR count). The highest BCUT2D eigenvalue weighted by Crippen LogP contribution is 2.59. The first kappa shape index (κ1) is 34.6. The van der Waals surface area contributed by atoms with Gasteiger partial charge in [0.05, 0.1) is 0 Å². The molecule has 3 aliphatic rings. The Hall–Kier alpha value is -6.44. The highest BCUT2D eigenvalue weighted by atomic mass is 15.1. The molecule has 3 aliphatic carbocycles. The van der Waals surface area contributed by atoms with Gasteiger partial charge in [0, 0.05) is 33.3 Å². The molecule has 9 aromatic rings. The minimum atomic E-state index is -0.181. The predicted molar refractivity (Wildman–Crippen MR) is 251 cm³/mol. The zero-order chi connectivity index (χ0) is 40.2. The Balaban J connectivity index is 1.01. The summed E-state index contributed by atoms with van der Waals surface area (Å²) in [5.41, 5.74) is 21.2. The van der Waals surface area contributed by atoms with Crippen LogP contribution in [0, 0.1) is 6.92 Å². The average Bonchev–Trinajstić information content (AvgIpc) is 3.73. The summed E-state index contributed by atoms with van der Waals surface area (Å²) >= 11 is 0. The van der Waals surface area contributed by atoms with Crippen LogP contribution < -0.4 is 4.90 Å². The third-order valence-electron chi connectivity index (χ3n) is 14.7. The third-order valence-corrected chi connectivity index (χ3v) is 14.7. The Morgan fingerprint density at radius 3 is 1.64 bits per heavy atom. The minimum Gasteiger partial charge on any atom is -0.310 e. The van der Waals surface area contributed by atoms with Crippen LogP contribution in [0.15, 0.2) is 158 Å². The normalized spacial score (nSPS) is 15.8. The molecule has 59 heavy (non-hydrogen) atoms. The SMILES string of the molecule is Cc1ccccc1N(c1ccc2c(c1)C(C)(C)c1cc3c(cc1-2)C(C)(C)c1ccc2ccccc2c1-3)c1ccc2c3c(ccc2c1)-c1ccc2ccccc2c1C3(C)C. The molecule has 9 aromatic carbocycles. The zero-order valence-corrected chi connectivity index (χ0v) is 35.0. The standard InChI is InChI=1S/C58H47N/c1-34-14-8-13-19-52(34)59(38-23-27-42-37(30-38)21-26-45-44-25-20-36-16-10-12-18-41(36)54(44)58(6,7)55(42)45)39-24-28-43-46-32-51-47(33-50(46)57(4,5)49(43)31-39)53-40-17-11-9-15-35(40)22-29-48(53)56(51,2)3/h8-33H,1-7H3. The lowest BCUT2D eigenvalue weighted by Gasteiger charge is -2.30. The van der Waals surface area contributed by atoms with E-state index < -0.39 is 0 Å². The van der Waals surface area contributed by atoms with E-state index in [1.807, 2.05) is 0 Å². The smallest absolute Gasteiger partial charge is 0.0490 e. The van der Waals surface area contributed by atoms with Crippen LogP contribution in [0.25, 0.3) is 65.7 Å². The maximum Gasteiger partial charge on any atom is 0.0490 e. The molecule has 0 saturated carbocycles. The molecular formula is C58H47N. The molecular weight excluding hydrogens is 711 g/mol. The fourth-order valence-corrected chi connectivity index (χ4v) is 11.7. The highest BCUT2D eigenvalue weighted by molar-refractivity contribution is 6.06. The molecule has 1 heteroatoms. The summed E-state index contributed by atoms with van der Waals surface area (Å²) in [5, 5.41) is 7.92. The van der Waals surface area contributed by atoms with E-state index in [1.165, 1.54) is 122 Å². The molecule has 0 N–H and O–H groups in total. The molecule has 284 valence electrons. The van der Waals surface area contributed by atoms with Gasteiger partial charge < -0.3 is 4.90 Å². The summed E-state index contributed by atoms with van der Waals surface area (Å²) in [7, 11) is 0. The first-order valence-corrected chi connectivity index (χ1v) is 21.3. The van der Waals surface area contributed by atoms with E-state index in [0.29, 0.717) is 0 Å². The van der Waals surface area contributed by atoms with Gasteiger partial charge in [-0.1, -0.05) is 157 Å². The molecule has 0 fully saturated rings. The molecule has 0 radical (unpaired) electrons. The number of anilines is 3. The molecule has 0 heterocycles. The van der Waals surface area contributed by atoms with Crippen LogP contribution in [0.3, 0.4) is 0 Å².